The fourth-order valence-electron chi connectivity index (χ4n) is 3.31. The Labute approximate surface area is 146 Å². The lowest BCUT2D eigenvalue weighted by atomic mass is 9.85. The lowest BCUT2D eigenvalue weighted by molar-refractivity contribution is 0.0850. The molecule has 1 atom stereocenters. The Kier molecular flexibility index (Phi) is 4.43. The van der Waals surface area contributed by atoms with E-state index in [1.54, 1.807) is 18.2 Å². The van der Waals surface area contributed by atoms with Gasteiger partial charge in [-0.3, -0.25) is 4.79 Å². The third kappa shape index (κ3) is 2.96. The van der Waals surface area contributed by atoms with Gasteiger partial charge in [-0.15, -0.1) is 0 Å². The minimum atomic E-state index is -0.749. The molecule has 0 aromatic heterocycles. The molecular formula is C20H22O5. The average Bonchev–Trinajstić information content (AvgIpc) is 2.52. The van der Waals surface area contributed by atoms with Crippen LogP contribution in [-0.4, -0.2) is 34.3 Å². The number of ketones is 1. The van der Waals surface area contributed by atoms with Gasteiger partial charge in [-0.2, -0.15) is 0 Å². The Bertz CT molecular complexity index is 880. The monoisotopic (exact) mass is 342 g/mol. The van der Waals surface area contributed by atoms with E-state index in [4.69, 9.17) is 4.74 Å². The highest BCUT2D eigenvalue weighted by molar-refractivity contribution is 6.09. The van der Waals surface area contributed by atoms with Crippen molar-refractivity contribution < 1.29 is 24.9 Å². The number of ether oxygens (including phenoxy) is 1. The first-order chi connectivity index (χ1) is 11.8. The minimum absolute atomic E-state index is 0.0247. The number of fused-ring (bicyclic) bond motifs is 2. The number of carbonyl (C=O) groups is 1. The van der Waals surface area contributed by atoms with Crippen molar-refractivity contribution in [2.75, 3.05) is 7.11 Å². The lowest BCUT2D eigenvalue weighted by Crippen LogP contribution is -2.24. The summed E-state index contributed by atoms with van der Waals surface area (Å²) in [7, 11) is 1.51. The van der Waals surface area contributed by atoms with Crippen molar-refractivity contribution in [3.8, 4) is 17.2 Å². The van der Waals surface area contributed by atoms with Gasteiger partial charge in [0.05, 0.1) is 29.7 Å². The SMILES string of the molecule is COc1cc2cc3c(c(O)c2c(O)c1C=CC(C)C)C(=O)CC(O)C3. The number of aliphatic hydroxyl groups excluding tert-OH is 1. The van der Waals surface area contributed by atoms with Crippen molar-refractivity contribution in [2.24, 2.45) is 5.92 Å². The topological polar surface area (TPSA) is 87.0 Å². The van der Waals surface area contributed by atoms with Crippen LogP contribution in [-0.2, 0) is 6.42 Å². The van der Waals surface area contributed by atoms with E-state index in [1.165, 1.54) is 7.11 Å². The van der Waals surface area contributed by atoms with Gasteiger partial charge >= 0.3 is 0 Å². The molecule has 0 saturated carbocycles. The normalized spacial score (nSPS) is 17.5. The van der Waals surface area contributed by atoms with Crippen molar-refractivity contribution in [1.82, 2.24) is 0 Å². The molecule has 0 amide bonds. The fourth-order valence-corrected chi connectivity index (χ4v) is 3.31. The molecule has 0 bridgehead atoms. The third-order valence-electron chi connectivity index (χ3n) is 4.48. The summed E-state index contributed by atoms with van der Waals surface area (Å²) in [6.45, 7) is 4.03. The quantitative estimate of drug-likeness (QED) is 0.795. The molecular weight excluding hydrogens is 320 g/mol. The highest BCUT2D eigenvalue weighted by atomic mass is 16.5. The fraction of sp³-hybridized carbons (Fsp3) is 0.350. The summed E-state index contributed by atoms with van der Waals surface area (Å²) in [6.07, 6.45) is 3.19. The van der Waals surface area contributed by atoms with Gasteiger partial charge in [0.25, 0.3) is 0 Å². The number of hydrogen-bond donors (Lipinski definition) is 3. The molecule has 0 heterocycles. The molecule has 3 N–H and O–H groups in total. The van der Waals surface area contributed by atoms with E-state index >= 15 is 0 Å². The van der Waals surface area contributed by atoms with Crippen molar-refractivity contribution in [2.45, 2.75) is 32.8 Å². The van der Waals surface area contributed by atoms with Gasteiger partial charge in [0, 0.05) is 6.42 Å². The number of hydrogen-bond acceptors (Lipinski definition) is 5. The van der Waals surface area contributed by atoms with E-state index in [0.29, 0.717) is 28.7 Å². The Balaban J connectivity index is 2.32. The number of methoxy groups -OCH3 is 1. The molecule has 1 unspecified atom stereocenters. The Hall–Kier alpha value is -2.53. The number of benzene rings is 2. The summed E-state index contributed by atoms with van der Waals surface area (Å²) in [5.74, 6) is 0.0841. The molecule has 2 aromatic carbocycles. The Morgan fingerprint density at radius 1 is 1.20 bits per heavy atom. The molecule has 0 aliphatic heterocycles. The maximum Gasteiger partial charge on any atom is 0.169 e. The van der Waals surface area contributed by atoms with Gasteiger partial charge < -0.3 is 20.1 Å². The first-order valence-corrected chi connectivity index (χ1v) is 8.31. The summed E-state index contributed by atoms with van der Waals surface area (Å²) in [5.41, 5.74) is 1.24. The first-order valence-electron chi connectivity index (χ1n) is 8.31. The van der Waals surface area contributed by atoms with E-state index in [9.17, 15) is 20.1 Å². The summed E-state index contributed by atoms with van der Waals surface area (Å²) >= 11 is 0. The van der Waals surface area contributed by atoms with Crippen LogP contribution in [0.15, 0.2) is 18.2 Å². The van der Waals surface area contributed by atoms with E-state index in [0.717, 1.165) is 0 Å². The summed E-state index contributed by atoms with van der Waals surface area (Å²) in [4.78, 5) is 12.3. The van der Waals surface area contributed by atoms with Gasteiger partial charge in [0.15, 0.2) is 5.78 Å². The van der Waals surface area contributed by atoms with Crippen LogP contribution in [0.3, 0.4) is 0 Å². The van der Waals surface area contributed by atoms with Crippen LogP contribution < -0.4 is 4.74 Å². The minimum Gasteiger partial charge on any atom is -0.506 e. The second-order valence-electron chi connectivity index (χ2n) is 6.79. The molecule has 5 nitrogen and oxygen atoms in total. The maximum atomic E-state index is 12.3. The smallest absolute Gasteiger partial charge is 0.169 e. The van der Waals surface area contributed by atoms with Crippen LogP contribution in [0.25, 0.3) is 16.8 Å². The highest BCUT2D eigenvalue weighted by Crippen LogP contribution is 2.45. The zero-order valence-corrected chi connectivity index (χ0v) is 14.5. The predicted molar refractivity (Wildman–Crippen MR) is 96.4 cm³/mol. The lowest BCUT2D eigenvalue weighted by Gasteiger charge is -2.22. The first kappa shape index (κ1) is 17.3. The van der Waals surface area contributed by atoms with Crippen molar-refractivity contribution in [3.05, 3.63) is 34.9 Å². The summed E-state index contributed by atoms with van der Waals surface area (Å²) < 4.78 is 5.38. The average molecular weight is 342 g/mol. The molecule has 0 spiro atoms. The molecule has 3 rings (SSSR count). The number of Topliss-reactive ketones (excluding diaryl/α,β-unsaturated/α-hetero) is 1. The van der Waals surface area contributed by atoms with Crippen molar-refractivity contribution in [1.29, 1.82) is 0 Å². The van der Waals surface area contributed by atoms with Crippen LogP contribution in [0, 0.1) is 5.92 Å². The number of carbonyl (C=O) groups excluding carboxylic acids is 1. The number of aromatic hydroxyl groups is 2. The number of aliphatic hydroxyl groups is 1. The van der Waals surface area contributed by atoms with E-state index in [2.05, 4.69) is 0 Å². The number of phenolic OH excluding ortho intramolecular Hbond substituents is 2. The third-order valence-corrected chi connectivity index (χ3v) is 4.48. The zero-order chi connectivity index (χ0) is 18.3. The summed E-state index contributed by atoms with van der Waals surface area (Å²) in [5, 5.41) is 32.0. The highest BCUT2D eigenvalue weighted by Gasteiger charge is 2.29. The molecule has 0 saturated heterocycles. The number of allylic oxidation sites excluding steroid dienone is 1. The Morgan fingerprint density at radius 3 is 2.56 bits per heavy atom. The molecule has 132 valence electrons. The van der Waals surface area contributed by atoms with Crippen molar-refractivity contribution >= 4 is 22.6 Å². The van der Waals surface area contributed by atoms with Gasteiger partial charge in [-0.1, -0.05) is 26.0 Å². The van der Waals surface area contributed by atoms with Gasteiger partial charge in [-0.25, -0.2) is 0 Å². The van der Waals surface area contributed by atoms with E-state index in [-0.39, 0.29) is 40.6 Å². The van der Waals surface area contributed by atoms with E-state index in [1.807, 2.05) is 19.9 Å². The zero-order valence-electron chi connectivity index (χ0n) is 14.5. The van der Waals surface area contributed by atoms with Crippen molar-refractivity contribution in [3.63, 3.8) is 0 Å². The second-order valence-corrected chi connectivity index (χ2v) is 6.79. The Morgan fingerprint density at radius 2 is 1.92 bits per heavy atom. The molecule has 2 aromatic rings. The summed E-state index contributed by atoms with van der Waals surface area (Å²) in [6, 6.07) is 3.45. The van der Waals surface area contributed by atoms with Crippen LogP contribution >= 0.6 is 0 Å². The van der Waals surface area contributed by atoms with Crippen LogP contribution in [0.1, 0.15) is 41.8 Å². The van der Waals surface area contributed by atoms with Gasteiger partial charge in [0.1, 0.15) is 17.2 Å². The van der Waals surface area contributed by atoms with Crippen LogP contribution in [0.5, 0.6) is 17.2 Å². The van der Waals surface area contributed by atoms with Crippen LogP contribution in [0.4, 0.5) is 0 Å². The molecule has 25 heavy (non-hydrogen) atoms. The molecule has 5 heteroatoms. The largest absolute Gasteiger partial charge is 0.506 e. The standard InChI is InChI=1S/C20H22O5/c1-10(2)4-5-14-16(25-3)8-12-6-11-7-13(21)9-15(22)17(11)20(24)18(12)19(14)23/h4-6,8,10,13,21,23-24H,7,9H2,1-3H3. The van der Waals surface area contributed by atoms with E-state index < -0.39 is 6.10 Å². The second kappa shape index (κ2) is 6.41. The van der Waals surface area contributed by atoms with Gasteiger partial charge in [-0.05, 0) is 35.4 Å². The number of phenols is 2. The van der Waals surface area contributed by atoms with Gasteiger partial charge in [0.2, 0.25) is 0 Å². The maximum absolute atomic E-state index is 12.3. The molecule has 0 fully saturated rings. The molecule has 1 aliphatic carbocycles. The number of rotatable bonds is 3. The molecule has 1 aliphatic rings. The predicted octanol–water partition coefficient (Wildman–Crippen LogP) is 3.42. The van der Waals surface area contributed by atoms with Crippen LogP contribution in [0.2, 0.25) is 0 Å². The molecule has 0 radical (unpaired) electrons.